The molecule has 120 valence electrons. The van der Waals surface area contributed by atoms with Crippen LogP contribution in [0.1, 0.15) is 31.0 Å². The van der Waals surface area contributed by atoms with Crippen LogP contribution in [0.2, 0.25) is 0 Å². The van der Waals surface area contributed by atoms with Crippen molar-refractivity contribution >= 4 is 5.69 Å². The first kappa shape index (κ1) is 17.9. The van der Waals surface area contributed by atoms with Crippen molar-refractivity contribution in [2.24, 2.45) is 5.73 Å². The first-order valence-electron chi connectivity index (χ1n) is 7.22. The van der Waals surface area contributed by atoms with Gasteiger partial charge >= 0.3 is 0 Å². The predicted molar refractivity (Wildman–Crippen MR) is 84.3 cm³/mol. The van der Waals surface area contributed by atoms with Crippen LogP contribution in [-0.2, 0) is 9.47 Å². The molecule has 21 heavy (non-hydrogen) atoms. The molecule has 1 aromatic carbocycles. The molecule has 0 spiro atoms. The third kappa shape index (κ3) is 4.66. The van der Waals surface area contributed by atoms with E-state index in [1.54, 1.807) is 21.1 Å². The van der Waals surface area contributed by atoms with Crippen molar-refractivity contribution < 1.29 is 13.9 Å². The van der Waals surface area contributed by atoms with E-state index >= 15 is 0 Å². The molecule has 0 aliphatic carbocycles. The van der Waals surface area contributed by atoms with Crippen molar-refractivity contribution in [2.45, 2.75) is 32.9 Å². The van der Waals surface area contributed by atoms with Gasteiger partial charge in [-0.3, -0.25) is 0 Å². The summed E-state index contributed by atoms with van der Waals surface area (Å²) >= 11 is 0. The quantitative estimate of drug-likeness (QED) is 0.801. The lowest BCUT2D eigenvalue weighted by atomic mass is 10.0. The molecule has 0 aliphatic rings. The topological polar surface area (TPSA) is 47.7 Å². The second-order valence-corrected chi connectivity index (χ2v) is 5.44. The van der Waals surface area contributed by atoms with Gasteiger partial charge < -0.3 is 20.1 Å². The molecule has 2 atom stereocenters. The Bertz CT molecular complexity index is 452. The number of anilines is 1. The standard InChI is InChI=1S/C16H27FN2O2/c1-11-8-16(14(13(3)18)9-15(11)17)19(6-7-20-4)12(2)10-21-5/h8-9,12-13H,6-7,10,18H2,1-5H3. The maximum absolute atomic E-state index is 13.9. The van der Waals surface area contributed by atoms with E-state index in [0.717, 1.165) is 11.3 Å². The molecular formula is C16H27FN2O2. The summed E-state index contributed by atoms with van der Waals surface area (Å²) < 4.78 is 24.3. The molecular weight excluding hydrogens is 271 g/mol. The first-order chi connectivity index (χ1) is 9.92. The zero-order chi connectivity index (χ0) is 16.0. The minimum absolute atomic E-state index is 0.146. The molecule has 2 N–H and O–H groups in total. The highest BCUT2D eigenvalue weighted by Crippen LogP contribution is 2.29. The Morgan fingerprint density at radius 1 is 1.24 bits per heavy atom. The molecule has 0 saturated carbocycles. The highest BCUT2D eigenvalue weighted by atomic mass is 19.1. The molecule has 4 nitrogen and oxygen atoms in total. The summed E-state index contributed by atoms with van der Waals surface area (Å²) in [5.41, 5.74) is 8.38. The van der Waals surface area contributed by atoms with Gasteiger partial charge in [0.2, 0.25) is 0 Å². The normalized spacial score (nSPS) is 14.0. The Kier molecular flexibility index (Phi) is 7.08. The summed E-state index contributed by atoms with van der Waals surface area (Å²) in [5, 5.41) is 0. The number of hydrogen-bond acceptors (Lipinski definition) is 4. The van der Waals surface area contributed by atoms with Crippen LogP contribution in [0.15, 0.2) is 12.1 Å². The number of nitrogens with two attached hydrogens (primary N) is 1. The second kappa shape index (κ2) is 8.32. The summed E-state index contributed by atoms with van der Waals surface area (Å²) in [6.07, 6.45) is 0. The van der Waals surface area contributed by atoms with Gasteiger partial charge in [-0.1, -0.05) is 0 Å². The van der Waals surface area contributed by atoms with E-state index in [4.69, 9.17) is 15.2 Å². The molecule has 1 aromatic rings. The van der Waals surface area contributed by atoms with Gasteiger partial charge in [0.25, 0.3) is 0 Å². The number of aryl methyl sites for hydroxylation is 1. The summed E-state index contributed by atoms with van der Waals surface area (Å²) in [6.45, 7) is 7.57. The van der Waals surface area contributed by atoms with Crippen LogP contribution in [0, 0.1) is 12.7 Å². The number of ether oxygens (including phenoxy) is 2. The fourth-order valence-corrected chi connectivity index (χ4v) is 2.39. The average molecular weight is 298 g/mol. The van der Waals surface area contributed by atoms with Gasteiger partial charge in [0.05, 0.1) is 13.2 Å². The third-order valence-electron chi connectivity index (χ3n) is 3.58. The van der Waals surface area contributed by atoms with Gasteiger partial charge in [-0.2, -0.15) is 0 Å². The van der Waals surface area contributed by atoms with E-state index in [1.165, 1.54) is 6.07 Å². The largest absolute Gasteiger partial charge is 0.383 e. The Labute approximate surface area is 127 Å². The Morgan fingerprint density at radius 3 is 2.43 bits per heavy atom. The van der Waals surface area contributed by atoms with Crippen molar-refractivity contribution in [2.75, 3.05) is 38.9 Å². The molecule has 0 amide bonds. The van der Waals surface area contributed by atoms with Crippen molar-refractivity contribution in [1.29, 1.82) is 0 Å². The lowest BCUT2D eigenvalue weighted by molar-refractivity contribution is 0.171. The maximum atomic E-state index is 13.9. The van der Waals surface area contributed by atoms with Gasteiger partial charge in [-0.25, -0.2) is 4.39 Å². The molecule has 0 radical (unpaired) electrons. The number of hydrogen-bond donors (Lipinski definition) is 1. The van der Waals surface area contributed by atoms with Crippen molar-refractivity contribution in [3.63, 3.8) is 0 Å². The Morgan fingerprint density at radius 2 is 1.90 bits per heavy atom. The van der Waals surface area contributed by atoms with E-state index in [9.17, 15) is 4.39 Å². The number of benzene rings is 1. The summed E-state index contributed by atoms with van der Waals surface area (Å²) in [4.78, 5) is 2.16. The van der Waals surface area contributed by atoms with E-state index in [2.05, 4.69) is 11.8 Å². The lowest BCUT2D eigenvalue weighted by Crippen LogP contribution is -2.39. The minimum atomic E-state index is -0.241. The Hall–Kier alpha value is -1.17. The monoisotopic (exact) mass is 298 g/mol. The van der Waals surface area contributed by atoms with Crippen LogP contribution in [0.25, 0.3) is 0 Å². The van der Waals surface area contributed by atoms with Crippen molar-refractivity contribution in [3.8, 4) is 0 Å². The molecule has 5 heteroatoms. The predicted octanol–water partition coefficient (Wildman–Crippen LogP) is 2.64. The van der Waals surface area contributed by atoms with Crippen LogP contribution in [0.4, 0.5) is 10.1 Å². The van der Waals surface area contributed by atoms with E-state index in [0.29, 0.717) is 25.3 Å². The number of methoxy groups -OCH3 is 2. The smallest absolute Gasteiger partial charge is 0.126 e. The highest BCUT2D eigenvalue weighted by Gasteiger charge is 2.20. The van der Waals surface area contributed by atoms with Gasteiger partial charge in [0.1, 0.15) is 5.82 Å². The summed E-state index contributed by atoms with van der Waals surface area (Å²) in [6, 6.07) is 3.30. The van der Waals surface area contributed by atoms with Crippen molar-refractivity contribution in [3.05, 3.63) is 29.1 Å². The second-order valence-electron chi connectivity index (χ2n) is 5.44. The third-order valence-corrected chi connectivity index (χ3v) is 3.58. The molecule has 0 bridgehead atoms. The molecule has 0 heterocycles. The molecule has 1 rings (SSSR count). The van der Waals surface area contributed by atoms with Crippen LogP contribution in [0.3, 0.4) is 0 Å². The van der Waals surface area contributed by atoms with Crippen molar-refractivity contribution in [1.82, 2.24) is 0 Å². The van der Waals surface area contributed by atoms with Crippen LogP contribution in [0.5, 0.6) is 0 Å². The zero-order valence-electron chi connectivity index (χ0n) is 13.6. The zero-order valence-corrected chi connectivity index (χ0v) is 13.6. The Balaban J connectivity index is 3.24. The fraction of sp³-hybridized carbons (Fsp3) is 0.625. The first-order valence-corrected chi connectivity index (χ1v) is 7.22. The minimum Gasteiger partial charge on any atom is -0.383 e. The van der Waals surface area contributed by atoms with Crippen LogP contribution in [-0.4, -0.2) is 40.0 Å². The molecule has 0 aromatic heterocycles. The number of rotatable bonds is 8. The van der Waals surface area contributed by atoms with E-state index < -0.39 is 0 Å². The van der Waals surface area contributed by atoms with Gasteiger partial charge in [0.15, 0.2) is 0 Å². The lowest BCUT2D eigenvalue weighted by Gasteiger charge is -2.33. The van der Waals surface area contributed by atoms with Gasteiger partial charge in [-0.05, 0) is 44.0 Å². The highest BCUT2D eigenvalue weighted by molar-refractivity contribution is 5.57. The van der Waals surface area contributed by atoms with E-state index in [-0.39, 0.29) is 17.9 Å². The SMILES string of the molecule is COCCN(c1cc(C)c(F)cc1C(C)N)C(C)COC. The van der Waals surface area contributed by atoms with Crippen LogP contribution < -0.4 is 10.6 Å². The average Bonchev–Trinajstić information content (AvgIpc) is 2.42. The number of nitrogens with zero attached hydrogens (tertiary/aromatic N) is 1. The fourth-order valence-electron chi connectivity index (χ4n) is 2.39. The molecule has 0 aliphatic heterocycles. The summed E-state index contributed by atoms with van der Waals surface area (Å²) in [7, 11) is 3.34. The molecule has 0 saturated heterocycles. The maximum Gasteiger partial charge on any atom is 0.126 e. The number of halogens is 1. The molecule has 2 unspecified atom stereocenters. The van der Waals surface area contributed by atoms with E-state index in [1.807, 2.05) is 13.0 Å². The van der Waals surface area contributed by atoms with Crippen LogP contribution >= 0.6 is 0 Å². The van der Waals surface area contributed by atoms with Gasteiger partial charge in [0, 0.05) is 38.5 Å². The van der Waals surface area contributed by atoms with Gasteiger partial charge in [-0.15, -0.1) is 0 Å². The summed E-state index contributed by atoms with van der Waals surface area (Å²) in [5.74, 6) is -0.225. The molecule has 0 fully saturated rings.